The summed E-state index contributed by atoms with van der Waals surface area (Å²) in [5.74, 6) is -0.375. The minimum Gasteiger partial charge on any atom is -0.876 e. The molecule has 3 nitrogen and oxygen atoms in total. The van der Waals surface area contributed by atoms with Gasteiger partial charge in [-0.3, -0.25) is 4.79 Å². The first kappa shape index (κ1) is 16.3. The zero-order valence-electron chi connectivity index (χ0n) is 5.39. The van der Waals surface area contributed by atoms with Crippen LogP contribution in [0.5, 0.6) is 0 Å². The Kier molecular flexibility index (Phi) is 15.5. The van der Waals surface area contributed by atoms with Gasteiger partial charge in [-0.25, -0.2) is 0 Å². The average Bonchev–Trinajstić information content (AvgIpc) is 1.27. The third kappa shape index (κ3) is 17.7. The van der Waals surface area contributed by atoms with Crippen LogP contribution in [0.4, 0.5) is 0 Å². The third-order valence-corrected chi connectivity index (χ3v) is 0.407. The Hall–Kier alpha value is 0.547. The van der Waals surface area contributed by atoms with E-state index in [1.165, 1.54) is 13.8 Å². The first-order valence-electron chi connectivity index (χ1n) is 1.99. The molecule has 0 aromatic carbocycles. The van der Waals surface area contributed by atoms with E-state index in [0.717, 1.165) is 6.08 Å². The fourth-order valence-corrected chi connectivity index (χ4v) is 0.286. The van der Waals surface area contributed by atoms with E-state index >= 15 is 0 Å². The van der Waals surface area contributed by atoms with Gasteiger partial charge in [0.05, 0.1) is 0 Å². The molecule has 0 aromatic heterocycles. The quantitative estimate of drug-likeness (QED) is 0.447. The van der Waals surface area contributed by atoms with E-state index in [1.54, 1.807) is 0 Å². The molecule has 0 heterocycles. The van der Waals surface area contributed by atoms with Gasteiger partial charge in [0, 0.05) is 0 Å². The fourth-order valence-electron chi connectivity index (χ4n) is 0.286. The molecule has 0 atom stereocenters. The number of hydrogen-bond acceptors (Lipinski definition) is 2. The summed E-state index contributed by atoms with van der Waals surface area (Å²) in [4.78, 5) is 9.98. The predicted molar refractivity (Wildman–Crippen MR) is 28.1 cm³/mol. The van der Waals surface area contributed by atoms with Gasteiger partial charge < -0.3 is 10.6 Å². The molecule has 0 saturated heterocycles. The van der Waals surface area contributed by atoms with Crippen molar-refractivity contribution in [3.8, 4) is 0 Å². The van der Waals surface area contributed by atoms with Crippen molar-refractivity contribution in [1.29, 1.82) is 0 Å². The Morgan fingerprint density at radius 3 is 1.78 bits per heavy atom. The van der Waals surface area contributed by atoms with Crippen LogP contribution in [0.25, 0.3) is 0 Å². The van der Waals surface area contributed by atoms with Gasteiger partial charge in [0.15, 0.2) is 5.78 Å². The van der Waals surface area contributed by atoms with Gasteiger partial charge in [0.25, 0.3) is 0 Å². The average molecular weight is 257 g/mol. The maximum Gasteiger partial charge on any atom is 3.00 e. The van der Waals surface area contributed by atoms with Crippen molar-refractivity contribution in [3.63, 3.8) is 0 Å². The fraction of sp³-hybridized carbons (Fsp3) is 0.400. The first-order valence-corrected chi connectivity index (χ1v) is 1.99. The standard InChI is InChI=1S/C5H8O2.Ce.H2O/c1-4(6)3-5(2)7;;/h3,6H,1-2H3;;1H2/q;+3;/p-1/b4-3-;;. The second-order valence-corrected chi connectivity index (χ2v) is 1.37. The van der Waals surface area contributed by atoms with Crippen LogP contribution in [-0.2, 0) is 4.79 Å². The van der Waals surface area contributed by atoms with Crippen LogP contribution in [0.2, 0.25) is 0 Å². The number of carbonyl (C=O) groups excluding carboxylic acids is 1. The molecule has 0 fully saturated rings. The SMILES string of the molecule is CC(=O)/C=C(/C)[O-].O.[Ce+3]. The Morgan fingerprint density at radius 2 is 1.78 bits per heavy atom. The van der Waals surface area contributed by atoms with E-state index in [-0.39, 0.29) is 58.8 Å². The summed E-state index contributed by atoms with van der Waals surface area (Å²) >= 11 is 0. The molecule has 0 aromatic rings. The molecule has 1 radical (unpaired) electrons. The van der Waals surface area contributed by atoms with Crippen molar-refractivity contribution in [2.45, 2.75) is 13.8 Å². The minimum absolute atomic E-state index is 0. The molecule has 49 valence electrons. The molecule has 2 N–H and O–H groups in total. The second kappa shape index (κ2) is 8.55. The summed E-state index contributed by atoms with van der Waals surface area (Å²) < 4.78 is 0. The molecular weight excluding hydrogens is 248 g/mol. The molecule has 0 aliphatic carbocycles. The topological polar surface area (TPSA) is 71.6 Å². The van der Waals surface area contributed by atoms with Crippen LogP contribution in [0.1, 0.15) is 13.8 Å². The Bertz CT molecular complexity index is 105. The van der Waals surface area contributed by atoms with Gasteiger partial charge in [-0.05, 0) is 13.0 Å². The number of allylic oxidation sites excluding steroid dienone is 2. The van der Waals surface area contributed by atoms with Crippen LogP contribution in [-0.4, -0.2) is 11.3 Å². The van der Waals surface area contributed by atoms with Gasteiger partial charge in [0.2, 0.25) is 0 Å². The first-order chi connectivity index (χ1) is 3.13. The van der Waals surface area contributed by atoms with E-state index < -0.39 is 0 Å². The maximum absolute atomic E-state index is 9.98. The molecule has 0 amide bonds. The Labute approximate surface area is 87.8 Å². The van der Waals surface area contributed by atoms with Gasteiger partial charge in [-0.15, -0.1) is 5.76 Å². The van der Waals surface area contributed by atoms with E-state index in [2.05, 4.69) is 0 Å². The molecule has 0 saturated carbocycles. The summed E-state index contributed by atoms with van der Waals surface area (Å²) in [5, 5.41) is 9.98. The molecule has 9 heavy (non-hydrogen) atoms. The summed E-state index contributed by atoms with van der Waals surface area (Å²) in [5.41, 5.74) is 0. The van der Waals surface area contributed by atoms with Crippen LogP contribution >= 0.6 is 0 Å². The summed E-state index contributed by atoms with van der Waals surface area (Å²) in [6.45, 7) is 2.70. The normalized spacial score (nSPS) is 8.89. The Balaban J connectivity index is -0.000000180. The summed E-state index contributed by atoms with van der Waals surface area (Å²) in [6.07, 6.45) is 1.06. The Morgan fingerprint density at radius 1 is 1.44 bits per heavy atom. The van der Waals surface area contributed by atoms with Crippen molar-refractivity contribution in [2.75, 3.05) is 0 Å². The van der Waals surface area contributed by atoms with Gasteiger partial charge in [-0.1, -0.05) is 6.92 Å². The summed E-state index contributed by atoms with van der Waals surface area (Å²) in [6, 6.07) is 0. The molecule has 0 aliphatic rings. The summed E-state index contributed by atoms with van der Waals surface area (Å²) in [7, 11) is 0. The smallest absolute Gasteiger partial charge is 0.876 e. The monoisotopic (exact) mass is 257 g/mol. The largest absolute Gasteiger partial charge is 3.00 e. The molecule has 0 bridgehead atoms. The van der Waals surface area contributed by atoms with Crippen LogP contribution in [0.3, 0.4) is 0 Å². The van der Waals surface area contributed by atoms with Crippen LogP contribution in [0.15, 0.2) is 11.8 Å². The number of hydrogen-bond donors (Lipinski definition) is 0. The molecule has 0 aliphatic heterocycles. The minimum atomic E-state index is -0.187. The molecule has 0 rings (SSSR count). The number of carbonyl (C=O) groups is 1. The van der Waals surface area contributed by atoms with Crippen molar-refractivity contribution in [1.82, 2.24) is 0 Å². The van der Waals surface area contributed by atoms with E-state index in [9.17, 15) is 9.90 Å². The van der Waals surface area contributed by atoms with E-state index in [1.807, 2.05) is 0 Å². The molecule has 0 spiro atoms. The molecule has 0 unspecified atom stereocenters. The van der Waals surface area contributed by atoms with Crippen LogP contribution < -0.4 is 5.11 Å². The zero-order chi connectivity index (χ0) is 5.86. The zero-order valence-corrected chi connectivity index (χ0v) is 8.53. The van der Waals surface area contributed by atoms with Gasteiger partial charge >= 0.3 is 41.7 Å². The molecular formula is C5H9CeO3+2. The number of rotatable bonds is 1. The van der Waals surface area contributed by atoms with Crippen molar-refractivity contribution in [3.05, 3.63) is 11.8 Å². The predicted octanol–water partition coefficient (Wildman–Crippen LogP) is -0.985. The molecule has 4 heteroatoms. The third-order valence-electron chi connectivity index (χ3n) is 0.407. The van der Waals surface area contributed by atoms with Crippen molar-refractivity contribution in [2.24, 2.45) is 0 Å². The van der Waals surface area contributed by atoms with Crippen molar-refractivity contribution < 1.29 is 57.1 Å². The van der Waals surface area contributed by atoms with Gasteiger partial charge in [-0.2, -0.15) is 0 Å². The van der Waals surface area contributed by atoms with E-state index in [4.69, 9.17) is 0 Å². The van der Waals surface area contributed by atoms with Crippen LogP contribution in [0, 0.1) is 41.7 Å². The number of ketones is 1. The van der Waals surface area contributed by atoms with Crippen molar-refractivity contribution >= 4 is 5.78 Å². The van der Waals surface area contributed by atoms with Gasteiger partial charge in [0.1, 0.15) is 0 Å². The second-order valence-electron chi connectivity index (χ2n) is 1.37. The maximum atomic E-state index is 9.98. The van der Waals surface area contributed by atoms with E-state index in [0.29, 0.717) is 0 Å².